The Bertz CT molecular complexity index is 675. The smallest absolute Gasteiger partial charge is 0.338 e. The molecule has 1 aliphatic heterocycles. The van der Waals surface area contributed by atoms with Crippen molar-refractivity contribution in [2.45, 2.75) is 24.1 Å². The molecule has 1 fully saturated rings. The molecule has 2 N–H and O–H groups in total. The fourth-order valence-corrected chi connectivity index (χ4v) is 4.19. The Hall–Kier alpha value is -1.19. The topological polar surface area (TPSA) is 93.7 Å². The number of carbonyl (C=O) groups is 1. The molecule has 1 saturated heterocycles. The van der Waals surface area contributed by atoms with Crippen LogP contribution < -0.4 is 10.0 Å². The summed E-state index contributed by atoms with van der Waals surface area (Å²) in [5.41, 5.74) is 0.303. The first kappa shape index (κ1) is 21.9. The SMILES string of the molecule is COCC1(CNS(=O)(=O)Cc2ccccc2C(=O)OC)CCCN1.Cl. The van der Waals surface area contributed by atoms with Gasteiger partial charge in [-0.2, -0.15) is 0 Å². The monoisotopic (exact) mass is 392 g/mol. The van der Waals surface area contributed by atoms with E-state index in [2.05, 4.69) is 10.0 Å². The molecule has 1 aromatic carbocycles. The van der Waals surface area contributed by atoms with Crippen molar-refractivity contribution in [2.75, 3.05) is 33.9 Å². The van der Waals surface area contributed by atoms with Gasteiger partial charge >= 0.3 is 5.97 Å². The number of carbonyl (C=O) groups excluding carboxylic acids is 1. The summed E-state index contributed by atoms with van der Waals surface area (Å²) in [6.07, 6.45) is 1.83. The van der Waals surface area contributed by atoms with E-state index in [0.29, 0.717) is 12.2 Å². The summed E-state index contributed by atoms with van der Waals surface area (Å²) in [5, 5.41) is 3.32. The number of ether oxygens (including phenoxy) is 2. The summed E-state index contributed by atoms with van der Waals surface area (Å²) in [4.78, 5) is 11.8. The van der Waals surface area contributed by atoms with Crippen LogP contribution in [0.25, 0.3) is 0 Å². The fourth-order valence-electron chi connectivity index (χ4n) is 2.93. The zero-order valence-electron chi connectivity index (χ0n) is 14.4. The summed E-state index contributed by atoms with van der Waals surface area (Å²) in [5.74, 6) is -0.824. The molecule has 1 atom stereocenters. The largest absolute Gasteiger partial charge is 0.465 e. The molecule has 142 valence electrons. The maximum absolute atomic E-state index is 12.4. The summed E-state index contributed by atoms with van der Waals surface area (Å²) in [6, 6.07) is 6.54. The van der Waals surface area contributed by atoms with Crippen molar-refractivity contribution in [2.24, 2.45) is 0 Å². The van der Waals surface area contributed by atoms with E-state index >= 15 is 0 Å². The van der Waals surface area contributed by atoms with Gasteiger partial charge in [0, 0.05) is 13.7 Å². The lowest BCUT2D eigenvalue weighted by atomic mass is 9.99. The first-order chi connectivity index (χ1) is 11.4. The highest BCUT2D eigenvalue weighted by Gasteiger charge is 2.34. The van der Waals surface area contributed by atoms with Crippen molar-refractivity contribution in [1.82, 2.24) is 10.0 Å². The number of rotatable bonds is 8. The van der Waals surface area contributed by atoms with Gasteiger partial charge in [-0.05, 0) is 31.0 Å². The Kier molecular flexibility index (Phi) is 8.30. The minimum absolute atomic E-state index is 0. The first-order valence-electron chi connectivity index (χ1n) is 7.79. The summed E-state index contributed by atoms with van der Waals surface area (Å²) in [7, 11) is -0.726. The maximum atomic E-state index is 12.4. The van der Waals surface area contributed by atoms with E-state index in [1.165, 1.54) is 7.11 Å². The van der Waals surface area contributed by atoms with Crippen LogP contribution in [0.1, 0.15) is 28.8 Å². The van der Waals surface area contributed by atoms with E-state index in [1.807, 2.05) is 0 Å². The quantitative estimate of drug-likeness (QED) is 0.643. The number of hydrogen-bond donors (Lipinski definition) is 2. The van der Waals surface area contributed by atoms with E-state index in [1.54, 1.807) is 31.4 Å². The Balaban J connectivity index is 0.00000312. The number of benzene rings is 1. The van der Waals surface area contributed by atoms with Crippen LogP contribution in [0.5, 0.6) is 0 Å². The molecule has 1 unspecified atom stereocenters. The second kappa shape index (κ2) is 9.49. The third-order valence-electron chi connectivity index (χ3n) is 4.15. The molecule has 2 rings (SSSR count). The zero-order chi connectivity index (χ0) is 17.6. The fraction of sp³-hybridized carbons (Fsp3) is 0.562. The number of nitrogens with one attached hydrogen (secondary N) is 2. The predicted molar refractivity (Wildman–Crippen MR) is 97.5 cm³/mol. The molecule has 7 nitrogen and oxygen atoms in total. The molecule has 1 aromatic rings. The Morgan fingerprint density at radius 2 is 2.04 bits per heavy atom. The van der Waals surface area contributed by atoms with Crippen LogP contribution in [0.15, 0.2) is 24.3 Å². The Labute approximate surface area is 154 Å². The van der Waals surface area contributed by atoms with Gasteiger partial charge in [-0.15, -0.1) is 12.4 Å². The van der Waals surface area contributed by atoms with E-state index in [-0.39, 0.29) is 35.8 Å². The van der Waals surface area contributed by atoms with Gasteiger partial charge in [0.2, 0.25) is 10.0 Å². The third kappa shape index (κ3) is 5.93. The Morgan fingerprint density at radius 3 is 2.64 bits per heavy atom. The van der Waals surface area contributed by atoms with Gasteiger partial charge in [-0.3, -0.25) is 0 Å². The van der Waals surface area contributed by atoms with Gasteiger partial charge in [-0.25, -0.2) is 17.9 Å². The second-order valence-electron chi connectivity index (χ2n) is 5.97. The van der Waals surface area contributed by atoms with Crippen LogP contribution in [0, 0.1) is 0 Å². The van der Waals surface area contributed by atoms with Crippen LogP contribution in [-0.2, 0) is 25.2 Å². The third-order valence-corrected chi connectivity index (χ3v) is 5.43. The van der Waals surface area contributed by atoms with Crippen LogP contribution >= 0.6 is 12.4 Å². The van der Waals surface area contributed by atoms with E-state index in [4.69, 9.17) is 9.47 Å². The highest BCUT2D eigenvalue weighted by Crippen LogP contribution is 2.20. The molecular formula is C16H25ClN2O5S. The van der Waals surface area contributed by atoms with Gasteiger partial charge in [-0.1, -0.05) is 18.2 Å². The highest BCUT2D eigenvalue weighted by molar-refractivity contribution is 7.88. The van der Waals surface area contributed by atoms with Crippen molar-refractivity contribution in [3.63, 3.8) is 0 Å². The molecule has 0 bridgehead atoms. The molecule has 0 saturated carbocycles. The molecule has 9 heteroatoms. The van der Waals surface area contributed by atoms with Crippen molar-refractivity contribution in [1.29, 1.82) is 0 Å². The second-order valence-corrected chi connectivity index (χ2v) is 7.78. The molecule has 0 radical (unpaired) electrons. The van der Waals surface area contributed by atoms with Crippen molar-refractivity contribution in [3.05, 3.63) is 35.4 Å². The highest BCUT2D eigenvalue weighted by atomic mass is 35.5. The molecule has 0 aromatic heterocycles. The minimum atomic E-state index is -3.60. The van der Waals surface area contributed by atoms with Gasteiger partial charge in [0.05, 0.1) is 30.6 Å². The molecule has 25 heavy (non-hydrogen) atoms. The number of hydrogen-bond acceptors (Lipinski definition) is 6. The normalized spacial score (nSPS) is 20.1. The van der Waals surface area contributed by atoms with Gasteiger partial charge in [0.15, 0.2) is 0 Å². The van der Waals surface area contributed by atoms with Crippen LogP contribution in [0.3, 0.4) is 0 Å². The molecule has 0 spiro atoms. The first-order valence-corrected chi connectivity index (χ1v) is 9.44. The van der Waals surface area contributed by atoms with Crippen molar-refractivity contribution in [3.8, 4) is 0 Å². The standard InChI is InChI=1S/C16H24N2O5S.ClH/c1-22-12-16(8-5-9-17-16)11-18-24(20,21)10-13-6-3-4-7-14(13)15(19)23-2;/h3-4,6-7,17-18H,5,8-12H2,1-2H3;1H. The molecule has 0 amide bonds. The molecular weight excluding hydrogens is 368 g/mol. The van der Waals surface area contributed by atoms with Crippen LogP contribution in [-0.4, -0.2) is 53.8 Å². The van der Waals surface area contributed by atoms with Crippen LogP contribution in [0.2, 0.25) is 0 Å². The number of esters is 1. The predicted octanol–water partition coefficient (Wildman–Crippen LogP) is 1.08. The summed E-state index contributed by atoms with van der Waals surface area (Å²) < 4.78 is 37.4. The lowest BCUT2D eigenvalue weighted by Gasteiger charge is -2.28. The number of sulfonamides is 1. The van der Waals surface area contributed by atoms with Gasteiger partial charge in [0.1, 0.15) is 0 Å². The number of methoxy groups -OCH3 is 2. The average molecular weight is 393 g/mol. The maximum Gasteiger partial charge on any atom is 0.338 e. The zero-order valence-corrected chi connectivity index (χ0v) is 16.0. The van der Waals surface area contributed by atoms with E-state index in [9.17, 15) is 13.2 Å². The van der Waals surface area contributed by atoms with Gasteiger partial charge in [0.25, 0.3) is 0 Å². The molecule has 1 aliphatic rings. The van der Waals surface area contributed by atoms with Crippen molar-refractivity contribution >= 4 is 28.4 Å². The minimum Gasteiger partial charge on any atom is -0.465 e. The van der Waals surface area contributed by atoms with E-state index in [0.717, 1.165) is 19.4 Å². The van der Waals surface area contributed by atoms with Crippen molar-refractivity contribution < 1.29 is 22.7 Å². The van der Waals surface area contributed by atoms with E-state index < -0.39 is 16.0 Å². The lowest BCUT2D eigenvalue weighted by molar-refractivity contribution is 0.0600. The molecule has 0 aliphatic carbocycles. The van der Waals surface area contributed by atoms with Gasteiger partial charge < -0.3 is 14.8 Å². The summed E-state index contributed by atoms with van der Waals surface area (Å²) >= 11 is 0. The lowest BCUT2D eigenvalue weighted by Crippen LogP contribution is -2.53. The average Bonchev–Trinajstić information content (AvgIpc) is 3.02. The summed E-state index contributed by atoms with van der Waals surface area (Å²) in [6.45, 7) is 1.54. The van der Waals surface area contributed by atoms with Crippen LogP contribution in [0.4, 0.5) is 0 Å². The Morgan fingerprint density at radius 1 is 1.32 bits per heavy atom. The number of halogens is 1. The molecule has 1 heterocycles.